The molecule has 1 radical (unpaired) electrons. The van der Waals surface area contributed by atoms with Crippen LogP contribution in [-0.4, -0.2) is 49.5 Å². The van der Waals surface area contributed by atoms with Gasteiger partial charge in [-0.1, -0.05) is 22.6 Å². The SMILES string of the molecule is COC(/C=C/I)C1CCN(C)CC1O.[Ac]. The largest absolute Gasteiger partial charge is 0.391 e. The number of halogens is 1. The molecule has 0 spiro atoms. The Morgan fingerprint density at radius 3 is 2.73 bits per heavy atom. The molecule has 1 N–H and O–H groups in total. The predicted molar refractivity (Wildman–Crippen MR) is 65.6 cm³/mol. The Morgan fingerprint density at radius 1 is 1.60 bits per heavy atom. The second kappa shape index (κ2) is 8.82. The summed E-state index contributed by atoms with van der Waals surface area (Å²) < 4.78 is 7.32. The Bertz CT molecular complexity index is 204. The first-order valence-electron chi connectivity index (χ1n) is 4.85. The molecule has 1 rings (SSSR count). The standard InChI is InChI=1S/C10H18INO2.Ac/c1-12-6-4-8(9(13)7-12)10(14-2)3-5-11;/h3,5,8-10,13H,4,6-7H2,1-2H3;/b5-3+;. The third kappa shape index (κ3) is 5.31. The summed E-state index contributed by atoms with van der Waals surface area (Å²) in [6.07, 6.45) is 2.79. The van der Waals surface area contributed by atoms with Gasteiger partial charge in [-0.2, -0.15) is 0 Å². The number of likely N-dealkylation sites (tertiary alicyclic amines) is 1. The van der Waals surface area contributed by atoms with Crippen molar-refractivity contribution in [3.8, 4) is 0 Å². The molecule has 0 aliphatic carbocycles. The molecule has 3 atom stereocenters. The zero-order valence-electron chi connectivity index (χ0n) is 9.27. The number of ether oxygens (including phenoxy) is 1. The number of nitrogens with zero attached hydrogens (tertiary/aromatic N) is 1. The number of aliphatic hydroxyl groups is 1. The molecule has 1 aliphatic rings. The smallest absolute Gasteiger partial charge is 0.0813 e. The van der Waals surface area contributed by atoms with Gasteiger partial charge in [0.05, 0.1) is 12.2 Å². The maximum atomic E-state index is 9.91. The monoisotopic (exact) mass is 538 g/mol. The molecule has 0 amide bonds. The van der Waals surface area contributed by atoms with Gasteiger partial charge in [-0.25, -0.2) is 0 Å². The van der Waals surface area contributed by atoms with Crippen LogP contribution in [0.15, 0.2) is 10.2 Å². The van der Waals surface area contributed by atoms with Crippen molar-refractivity contribution in [2.24, 2.45) is 5.92 Å². The fourth-order valence-corrected chi connectivity index (χ4v) is 2.37. The molecule has 1 saturated heterocycles. The third-order valence-corrected chi connectivity index (χ3v) is 3.21. The van der Waals surface area contributed by atoms with Crippen LogP contribution in [0, 0.1) is 50.0 Å². The first-order valence-corrected chi connectivity index (χ1v) is 6.10. The minimum atomic E-state index is -0.272. The van der Waals surface area contributed by atoms with Crippen LogP contribution in [0.25, 0.3) is 0 Å². The molecule has 0 aromatic carbocycles. The number of rotatable bonds is 3. The number of hydrogen-bond acceptors (Lipinski definition) is 3. The van der Waals surface area contributed by atoms with Gasteiger partial charge in [0, 0.05) is 63.6 Å². The molecule has 1 fully saturated rings. The van der Waals surface area contributed by atoms with Crippen LogP contribution in [0.4, 0.5) is 0 Å². The second-order valence-corrected chi connectivity index (χ2v) is 4.52. The quantitative estimate of drug-likeness (QED) is 0.550. The number of aliphatic hydroxyl groups excluding tert-OH is 1. The van der Waals surface area contributed by atoms with Gasteiger partial charge in [-0.3, -0.25) is 0 Å². The average Bonchev–Trinajstić information content (AvgIpc) is 2.15. The molecule has 3 unspecified atom stereocenters. The van der Waals surface area contributed by atoms with E-state index in [0.717, 1.165) is 19.5 Å². The number of methoxy groups -OCH3 is 1. The molecule has 3 nitrogen and oxygen atoms in total. The van der Waals surface area contributed by atoms with E-state index >= 15 is 0 Å². The van der Waals surface area contributed by atoms with Gasteiger partial charge >= 0.3 is 0 Å². The molecule has 0 aromatic heterocycles. The van der Waals surface area contributed by atoms with Gasteiger partial charge in [0.25, 0.3) is 0 Å². The summed E-state index contributed by atoms with van der Waals surface area (Å²) in [6, 6.07) is 0. The summed E-state index contributed by atoms with van der Waals surface area (Å²) in [7, 11) is 3.74. The molecule has 85 valence electrons. The summed E-state index contributed by atoms with van der Waals surface area (Å²) in [5, 5.41) is 9.91. The van der Waals surface area contributed by atoms with Crippen LogP contribution >= 0.6 is 22.6 Å². The minimum Gasteiger partial charge on any atom is -0.391 e. The van der Waals surface area contributed by atoms with E-state index in [4.69, 9.17) is 4.74 Å². The average molecular weight is 538 g/mol. The topological polar surface area (TPSA) is 32.7 Å². The van der Waals surface area contributed by atoms with Crippen LogP contribution in [0.5, 0.6) is 0 Å². The number of likely N-dealkylation sites (N-methyl/N-ethyl adjacent to an activating group) is 1. The van der Waals surface area contributed by atoms with E-state index in [9.17, 15) is 5.11 Å². The number of β-amino-alcohol motifs (C(OH)–C–C–N with tert-alkyl or cyclic N) is 1. The number of piperidine rings is 1. The second-order valence-electron chi connectivity index (χ2n) is 3.80. The van der Waals surface area contributed by atoms with Crippen molar-refractivity contribution >= 4 is 22.6 Å². The van der Waals surface area contributed by atoms with Crippen molar-refractivity contribution in [3.63, 3.8) is 0 Å². The molecular weight excluding hydrogens is 520 g/mol. The fraction of sp³-hybridized carbons (Fsp3) is 0.800. The van der Waals surface area contributed by atoms with E-state index in [1.807, 2.05) is 17.2 Å². The molecular formula is C10H18AcINO2. The summed E-state index contributed by atoms with van der Waals surface area (Å²) in [5.74, 6) is 0.238. The molecule has 0 aromatic rings. The maximum absolute atomic E-state index is 9.91. The van der Waals surface area contributed by atoms with Gasteiger partial charge in [0.15, 0.2) is 0 Å². The first kappa shape index (κ1) is 16.8. The molecule has 0 bridgehead atoms. The first-order chi connectivity index (χ1) is 6.69. The summed E-state index contributed by atoms with van der Waals surface area (Å²) >= 11 is 2.18. The molecule has 1 aliphatic heterocycles. The summed E-state index contributed by atoms with van der Waals surface area (Å²) in [5.41, 5.74) is 0. The van der Waals surface area contributed by atoms with Crippen molar-refractivity contribution in [1.29, 1.82) is 0 Å². The predicted octanol–water partition coefficient (Wildman–Crippen LogP) is 1.26. The van der Waals surface area contributed by atoms with Crippen LogP contribution in [-0.2, 0) is 4.74 Å². The van der Waals surface area contributed by atoms with Crippen molar-refractivity contribution in [2.45, 2.75) is 18.6 Å². The Morgan fingerprint density at radius 2 is 2.27 bits per heavy atom. The molecule has 0 saturated carbocycles. The van der Waals surface area contributed by atoms with Crippen molar-refractivity contribution < 1.29 is 53.9 Å². The molecule has 15 heavy (non-hydrogen) atoms. The van der Waals surface area contributed by atoms with Crippen LogP contribution < -0.4 is 0 Å². The van der Waals surface area contributed by atoms with Crippen molar-refractivity contribution in [1.82, 2.24) is 4.90 Å². The van der Waals surface area contributed by atoms with Crippen molar-refractivity contribution in [2.75, 3.05) is 27.2 Å². The van der Waals surface area contributed by atoms with Crippen LogP contribution in [0.3, 0.4) is 0 Å². The van der Waals surface area contributed by atoms with Gasteiger partial charge in [0.2, 0.25) is 0 Å². The Labute approximate surface area is 141 Å². The van der Waals surface area contributed by atoms with Gasteiger partial charge in [-0.05, 0) is 30.2 Å². The Hall–Kier alpha value is 1.79. The maximum Gasteiger partial charge on any atom is 0.0813 e. The minimum absolute atomic E-state index is 0. The molecule has 5 heteroatoms. The fourth-order valence-electron chi connectivity index (χ4n) is 1.96. The molecule has 1 heterocycles. The van der Waals surface area contributed by atoms with Crippen LogP contribution in [0.1, 0.15) is 6.42 Å². The van der Waals surface area contributed by atoms with E-state index in [1.165, 1.54) is 0 Å². The normalized spacial score (nSPS) is 30.1. The van der Waals surface area contributed by atoms with E-state index < -0.39 is 0 Å². The number of hydrogen-bond donors (Lipinski definition) is 1. The van der Waals surface area contributed by atoms with E-state index in [2.05, 4.69) is 27.5 Å². The summed E-state index contributed by atoms with van der Waals surface area (Å²) in [6.45, 7) is 1.79. The Balaban J connectivity index is 0.00000196. The zero-order chi connectivity index (χ0) is 10.6. The van der Waals surface area contributed by atoms with Gasteiger partial charge < -0.3 is 14.7 Å². The zero-order valence-corrected chi connectivity index (χ0v) is 16.2. The van der Waals surface area contributed by atoms with E-state index in [-0.39, 0.29) is 62.2 Å². The van der Waals surface area contributed by atoms with Crippen molar-refractivity contribution in [3.05, 3.63) is 10.2 Å². The van der Waals surface area contributed by atoms with Gasteiger partial charge in [-0.15, -0.1) is 0 Å². The summed E-state index contributed by atoms with van der Waals surface area (Å²) in [4.78, 5) is 2.15. The van der Waals surface area contributed by atoms with E-state index in [1.54, 1.807) is 7.11 Å². The van der Waals surface area contributed by atoms with Crippen LogP contribution in [0.2, 0.25) is 0 Å². The Kier molecular flexibility index (Phi) is 9.87. The van der Waals surface area contributed by atoms with Gasteiger partial charge in [0.1, 0.15) is 0 Å². The third-order valence-electron chi connectivity index (χ3n) is 2.79. The van der Waals surface area contributed by atoms with E-state index in [0.29, 0.717) is 0 Å².